The highest BCUT2D eigenvalue weighted by molar-refractivity contribution is 7.92. The predicted molar refractivity (Wildman–Crippen MR) is 109 cm³/mol. The number of hydrogen-bond acceptors (Lipinski definition) is 3. The van der Waals surface area contributed by atoms with Gasteiger partial charge in [-0.2, -0.15) is 0 Å². The van der Waals surface area contributed by atoms with Gasteiger partial charge >= 0.3 is 0 Å². The molecule has 3 rings (SSSR count). The largest absolute Gasteiger partial charge is 0.348 e. The third-order valence-corrected chi connectivity index (χ3v) is 6.31. The predicted octanol–water partition coefficient (Wildman–Crippen LogP) is 3.61. The molecule has 0 radical (unpaired) electrons. The Kier molecular flexibility index (Phi) is 5.95. The topological polar surface area (TPSA) is 66.5 Å². The third kappa shape index (κ3) is 4.64. The lowest BCUT2D eigenvalue weighted by Crippen LogP contribution is -2.41. The van der Waals surface area contributed by atoms with Gasteiger partial charge in [-0.05, 0) is 61.1 Å². The Hall–Kier alpha value is -2.12. The van der Waals surface area contributed by atoms with Crippen LogP contribution in [0.15, 0.2) is 36.4 Å². The Morgan fingerprint density at radius 2 is 1.93 bits per heavy atom. The van der Waals surface area contributed by atoms with E-state index < -0.39 is 28.3 Å². The molecule has 8 heteroatoms. The van der Waals surface area contributed by atoms with E-state index in [9.17, 15) is 17.6 Å². The van der Waals surface area contributed by atoms with Crippen LogP contribution in [-0.2, 0) is 27.7 Å². The van der Waals surface area contributed by atoms with Crippen molar-refractivity contribution in [1.29, 1.82) is 0 Å². The van der Waals surface area contributed by atoms with E-state index in [0.29, 0.717) is 0 Å². The van der Waals surface area contributed by atoms with Gasteiger partial charge in [-0.1, -0.05) is 29.8 Å². The van der Waals surface area contributed by atoms with Crippen LogP contribution in [0.5, 0.6) is 0 Å². The van der Waals surface area contributed by atoms with E-state index >= 15 is 0 Å². The first kappa shape index (κ1) is 20.6. The average molecular weight is 425 g/mol. The number of carbonyl (C=O) groups excluding carboxylic acids is 1. The average Bonchev–Trinajstić information content (AvgIpc) is 3.09. The molecule has 0 heterocycles. The van der Waals surface area contributed by atoms with Crippen molar-refractivity contribution in [3.8, 4) is 0 Å². The molecule has 28 heavy (non-hydrogen) atoms. The van der Waals surface area contributed by atoms with Crippen molar-refractivity contribution in [2.24, 2.45) is 0 Å². The first-order valence-electron chi connectivity index (χ1n) is 8.99. The van der Waals surface area contributed by atoms with Gasteiger partial charge in [0.25, 0.3) is 0 Å². The molecule has 2 aromatic rings. The van der Waals surface area contributed by atoms with Crippen molar-refractivity contribution >= 4 is 33.2 Å². The van der Waals surface area contributed by atoms with Gasteiger partial charge in [-0.3, -0.25) is 9.10 Å². The number of hydrogen-bond donors (Lipinski definition) is 1. The van der Waals surface area contributed by atoms with Crippen LogP contribution in [-0.4, -0.2) is 27.1 Å². The Balaban J connectivity index is 1.74. The molecular formula is C20H22ClFN2O3S. The van der Waals surface area contributed by atoms with Crippen LogP contribution in [0.4, 0.5) is 10.1 Å². The van der Waals surface area contributed by atoms with Gasteiger partial charge in [0.2, 0.25) is 15.9 Å². The molecule has 150 valence electrons. The van der Waals surface area contributed by atoms with Crippen molar-refractivity contribution in [3.05, 3.63) is 63.9 Å². The molecule has 0 spiro atoms. The Morgan fingerprint density at radius 3 is 2.61 bits per heavy atom. The molecular weight excluding hydrogens is 403 g/mol. The number of nitrogens with zero attached hydrogens (tertiary/aromatic N) is 1. The highest BCUT2D eigenvalue weighted by Gasteiger charge is 2.23. The summed E-state index contributed by atoms with van der Waals surface area (Å²) in [6, 6.07) is 9.44. The smallest absolute Gasteiger partial charge is 0.241 e. The van der Waals surface area contributed by atoms with E-state index in [1.54, 1.807) is 0 Å². The van der Waals surface area contributed by atoms with Gasteiger partial charge in [0.15, 0.2) is 0 Å². The maximum Gasteiger partial charge on any atom is 0.241 e. The number of aryl methyl sites for hydroxylation is 2. The minimum atomic E-state index is -3.76. The SMILES string of the molecule is C[C@H](NC(=O)CN(c1ccc(F)c(Cl)c1)S(C)(=O)=O)c1ccc2c(c1)CCC2. The Morgan fingerprint density at radius 1 is 1.21 bits per heavy atom. The lowest BCUT2D eigenvalue weighted by Gasteiger charge is -2.23. The highest BCUT2D eigenvalue weighted by Crippen LogP contribution is 2.26. The zero-order valence-corrected chi connectivity index (χ0v) is 17.3. The molecule has 1 N–H and O–H groups in total. The fourth-order valence-corrected chi connectivity index (χ4v) is 4.43. The maximum absolute atomic E-state index is 13.4. The number of fused-ring (bicyclic) bond motifs is 1. The van der Waals surface area contributed by atoms with Crippen LogP contribution in [0.2, 0.25) is 5.02 Å². The monoisotopic (exact) mass is 424 g/mol. The van der Waals surface area contributed by atoms with Gasteiger partial charge in [0, 0.05) is 0 Å². The quantitative estimate of drug-likeness (QED) is 0.770. The Labute approximate surface area is 169 Å². The van der Waals surface area contributed by atoms with E-state index in [1.165, 1.54) is 23.3 Å². The first-order chi connectivity index (χ1) is 13.1. The molecule has 1 aliphatic carbocycles. The number of rotatable bonds is 6. The molecule has 0 bridgehead atoms. The summed E-state index contributed by atoms with van der Waals surface area (Å²) in [5.74, 6) is -1.12. The second-order valence-corrected chi connectivity index (χ2v) is 9.35. The van der Waals surface area contributed by atoms with Crippen molar-refractivity contribution in [3.63, 3.8) is 0 Å². The minimum Gasteiger partial charge on any atom is -0.348 e. The van der Waals surface area contributed by atoms with E-state index in [4.69, 9.17) is 11.6 Å². The Bertz CT molecular complexity index is 1010. The van der Waals surface area contributed by atoms with E-state index in [0.717, 1.165) is 41.5 Å². The summed E-state index contributed by atoms with van der Waals surface area (Å²) in [6.07, 6.45) is 4.25. The fourth-order valence-electron chi connectivity index (χ4n) is 3.40. The molecule has 1 aliphatic rings. The summed E-state index contributed by atoms with van der Waals surface area (Å²) < 4.78 is 38.6. The van der Waals surface area contributed by atoms with Crippen molar-refractivity contribution < 1.29 is 17.6 Å². The molecule has 1 atom stereocenters. The zero-order valence-electron chi connectivity index (χ0n) is 15.7. The van der Waals surface area contributed by atoms with E-state index in [2.05, 4.69) is 17.4 Å². The summed E-state index contributed by atoms with van der Waals surface area (Å²) >= 11 is 5.76. The fraction of sp³-hybridized carbons (Fsp3) is 0.350. The van der Waals surface area contributed by atoms with E-state index in [-0.39, 0.29) is 16.8 Å². The van der Waals surface area contributed by atoms with Crippen LogP contribution < -0.4 is 9.62 Å². The maximum atomic E-state index is 13.4. The van der Waals surface area contributed by atoms with Crippen LogP contribution in [0.25, 0.3) is 0 Å². The first-order valence-corrected chi connectivity index (χ1v) is 11.2. The molecule has 5 nitrogen and oxygen atoms in total. The molecule has 2 aromatic carbocycles. The number of halogens is 2. The van der Waals surface area contributed by atoms with Crippen molar-refractivity contribution in [2.75, 3.05) is 17.1 Å². The van der Waals surface area contributed by atoms with Crippen LogP contribution in [0, 0.1) is 5.82 Å². The number of sulfonamides is 1. The number of anilines is 1. The second kappa shape index (κ2) is 8.09. The van der Waals surface area contributed by atoms with Crippen molar-refractivity contribution in [2.45, 2.75) is 32.2 Å². The zero-order chi connectivity index (χ0) is 20.5. The van der Waals surface area contributed by atoms with Crippen LogP contribution in [0.3, 0.4) is 0 Å². The highest BCUT2D eigenvalue weighted by atomic mass is 35.5. The van der Waals surface area contributed by atoms with E-state index in [1.807, 2.05) is 13.0 Å². The number of amides is 1. The molecule has 0 saturated carbocycles. The molecule has 0 aromatic heterocycles. The molecule has 0 fully saturated rings. The summed E-state index contributed by atoms with van der Waals surface area (Å²) in [6.45, 7) is 1.43. The van der Waals surface area contributed by atoms with Gasteiger partial charge in [0.1, 0.15) is 12.4 Å². The van der Waals surface area contributed by atoms with Gasteiger partial charge < -0.3 is 5.32 Å². The lowest BCUT2D eigenvalue weighted by molar-refractivity contribution is -0.120. The molecule has 1 amide bonds. The summed E-state index contributed by atoms with van der Waals surface area (Å²) in [4.78, 5) is 12.5. The second-order valence-electron chi connectivity index (χ2n) is 7.04. The summed E-state index contributed by atoms with van der Waals surface area (Å²) in [5, 5.41) is 2.62. The van der Waals surface area contributed by atoms with Gasteiger partial charge in [-0.15, -0.1) is 0 Å². The molecule has 0 unspecified atom stereocenters. The van der Waals surface area contributed by atoms with Crippen molar-refractivity contribution in [1.82, 2.24) is 5.32 Å². The van der Waals surface area contributed by atoms with Gasteiger partial charge in [0.05, 0.1) is 23.0 Å². The number of benzene rings is 2. The molecule has 0 saturated heterocycles. The summed E-state index contributed by atoms with van der Waals surface area (Å²) in [7, 11) is -3.76. The van der Waals surface area contributed by atoms with Crippen LogP contribution in [0.1, 0.15) is 36.1 Å². The normalized spacial score (nSPS) is 14.4. The third-order valence-electron chi connectivity index (χ3n) is 4.88. The standard InChI is InChI=1S/C20H22ClFN2O3S/c1-13(15-7-6-14-4-3-5-16(14)10-15)23-20(25)12-24(28(2,26)27)17-8-9-19(22)18(21)11-17/h6-11,13H,3-5,12H2,1-2H3,(H,23,25)/t13-/m0/s1. The van der Waals surface area contributed by atoms with Crippen LogP contribution >= 0.6 is 11.6 Å². The summed E-state index contributed by atoms with van der Waals surface area (Å²) in [5.41, 5.74) is 3.76. The van der Waals surface area contributed by atoms with Gasteiger partial charge in [-0.25, -0.2) is 12.8 Å². The number of nitrogens with one attached hydrogen (secondary N) is 1. The lowest BCUT2D eigenvalue weighted by atomic mass is 10.0. The molecule has 0 aliphatic heterocycles. The number of carbonyl (C=O) groups is 1. The minimum absolute atomic E-state index is 0.134.